The molecule has 1 fully saturated rings. The van der Waals surface area contributed by atoms with Gasteiger partial charge in [-0.25, -0.2) is 0 Å². The van der Waals surface area contributed by atoms with E-state index in [1.165, 1.54) is 0 Å². The third-order valence-corrected chi connectivity index (χ3v) is 4.05. The van der Waals surface area contributed by atoms with Crippen molar-refractivity contribution in [3.63, 3.8) is 0 Å². The number of nitrogens with zero attached hydrogens (tertiary/aromatic N) is 3. The van der Waals surface area contributed by atoms with Gasteiger partial charge < -0.3 is 14.6 Å². The minimum absolute atomic E-state index is 0.0257. The maximum Gasteiger partial charge on any atom is 0.268 e. The smallest absolute Gasteiger partial charge is 0.268 e. The summed E-state index contributed by atoms with van der Waals surface area (Å²) in [5.41, 5.74) is 2.66. The van der Waals surface area contributed by atoms with Gasteiger partial charge in [0.25, 0.3) is 5.91 Å². The van der Waals surface area contributed by atoms with Crippen molar-refractivity contribution < 1.29 is 9.53 Å². The van der Waals surface area contributed by atoms with Gasteiger partial charge in [0.15, 0.2) is 0 Å². The fraction of sp³-hybridized carbons (Fsp3) is 0.467. The zero-order valence-corrected chi connectivity index (χ0v) is 12.5. The van der Waals surface area contributed by atoms with Gasteiger partial charge in [0, 0.05) is 33.1 Å². The van der Waals surface area contributed by atoms with Gasteiger partial charge in [-0.15, -0.1) is 0 Å². The van der Waals surface area contributed by atoms with Crippen LogP contribution >= 0.6 is 0 Å². The maximum absolute atomic E-state index is 12.5. The summed E-state index contributed by atoms with van der Waals surface area (Å²) in [4.78, 5) is 12.5. The Morgan fingerprint density at radius 3 is 2.86 bits per heavy atom. The Balaban J connectivity index is 1.78. The van der Waals surface area contributed by atoms with Crippen LogP contribution in [0.25, 0.3) is 0 Å². The summed E-state index contributed by atoms with van der Waals surface area (Å²) in [7, 11) is 3.77. The van der Waals surface area contributed by atoms with Crippen molar-refractivity contribution in [2.45, 2.75) is 25.5 Å². The van der Waals surface area contributed by atoms with E-state index in [-0.39, 0.29) is 18.1 Å². The molecule has 0 radical (unpaired) electrons. The summed E-state index contributed by atoms with van der Waals surface area (Å²) in [6.45, 7) is 2.59. The number of hydrogen-bond acceptors (Lipinski definition) is 3. The molecule has 3 rings (SSSR count). The van der Waals surface area contributed by atoms with Gasteiger partial charge in [0.2, 0.25) is 0 Å². The van der Waals surface area contributed by atoms with Gasteiger partial charge in [-0.05, 0) is 31.0 Å². The average molecular weight is 288 g/mol. The highest BCUT2D eigenvalue weighted by Crippen LogP contribution is 2.29. The molecular formula is C15H20N4O2. The first-order valence-electron chi connectivity index (χ1n) is 7.10. The molecule has 6 nitrogen and oxygen atoms in total. The molecule has 0 aliphatic carbocycles. The Morgan fingerprint density at radius 2 is 2.24 bits per heavy atom. The van der Waals surface area contributed by atoms with E-state index >= 15 is 0 Å². The second-order valence-electron chi connectivity index (χ2n) is 5.50. The van der Waals surface area contributed by atoms with E-state index in [0.717, 1.165) is 17.7 Å². The number of rotatable bonds is 3. The second-order valence-corrected chi connectivity index (χ2v) is 5.50. The molecule has 3 heterocycles. The quantitative estimate of drug-likeness (QED) is 0.927. The van der Waals surface area contributed by atoms with Crippen LogP contribution in [-0.4, -0.2) is 32.9 Å². The fourth-order valence-corrected chi connectivity index (χ4v) is 2.92. The molecule has 0 saturated carbocycles. The first-order valence-corrected chi connectivity index (χ1v) is 7.10. The molecule has 21 heavy (non-hydrogen) atoms. The largest absolute Gasteiger partial charge is 0.370 e. The van der Waals surface area contributed by atoms with E-state index in [0.29, 0.717) is 12.3 Å². The summed E-state index contributed by atoms with van der Waals surface area (Å²) in [5.74, 6) is -0.0531. The molecule has 2 aromatic rings. The van der Waals surface area contributed by atoms with Crippen molar-refractivity contribution in [1.29, 1.82) is 0 Å². The van der Waals surface area contributed by atoms with Gasteiger partial charge in [-0.1, -0.05) is 0 Å². The zero-order valence-electron chi connectivity index (χ0n) is 12.5. The lowest BCUT2D eigenvalue weighted by atomic mass is 10.1. The number of aromatic nitrogens is 3. The van der Waals surface area contributed by atoms with Crippen molar-refractivity contribution in [2.24, 2.45) is 14.1 Å². The first kappa shape index (κ1) is 13.9. The number of ether oxygens (including phenoxy) is 1. The Hall–Kier alpha value is -2.08. The van der Waals surface area contributed by atoms with Gasteiger partial charge >= 0.3 is 0 Å². The number of nitrogens with one attached hydrogen (secondary N) is 1. The number of aryl methyl sites for hydroxylation is 3. The molecular weight excluding hydrogens is 268 g/mol. The molecule has 1 N–H and O–H groups in total. The van der Waals surface area contributed by atoms with Gasteiger partial charge in [0.05, 0.1) is 11.7 Å². The Kier molecular flexibility index (Phi) is 3.55. The van der Waals surface area contributed by atoms with Crippen LogP contribution in [0.4, 0.5) is 0 Å². The molecule has 112 valence electrons. The number of carbonyl (C=O) groups excluding carboxylic acids is 1. The molecule has 1 amide bonds. The van der Waals surface area contributed by atoms with Crippen LogP contribution in [0.5, 0.6) is 0 Å². The summed E-state index contributed by atoms with van der Waals surface area (Å²) < 4.78 is 9.43. The van der Waals surface area contributed by atoms with Crippen molar-refractivity contribution in [3.05, 3.63) is 41.5 Å². The maximum atomic E-state index is 12.5. The van der Waals surface area contributed by atoms with Crippen LogP contribution in [0, 0.1) is 6.92 Å². The summed E-state index contributed by atoms with van der Waals surface area (Å²) in [5, 5.41) is 7.28. The number of amides is 1. The van der Waals surface area contributed by atoms with Crippen LogP contribution in [0.3, 0.4) is 0 Å². The summed E-state index contributed by atoms with van der Waals surface area (Å²) >= 11 is 0. The lowest BCUT2D eigenvalue weighted by Crippen LogP contribution is -2.38. The van der Waals surface area contributed by atoms with E-state index in [1.807, 2.05) is 43.9 Å². The van der Waals surface area contributed by atoms with E-state index < -0.39 is 0 Å². The minimum Gasteiger partial charge on any atom is -0.370 e. The van der Waals surface area contributed by atoms with Gasteiger partial charge in [0.1, 0.15) is 11.8 Å². The molecule has 6 heteroatoms. The van der Waals surface area contributed by atoms with Crippen LogP contribution in [-0.2, 0) is 18.8 Å². The van der Waals surface area contributed by atoms with Crippen molar-refractivity contribution >= 4 is 5.91 Å². The predicted octanol–water partition coefficient (Wildman–Crippen LogP) is 1.33. The van der Waals surface area contributed by atoms with E-state index in [9.17, 15) is 4.79 Å². The highest BCUT2D eigenvalue weighted by Gasteiger charge is 2.33. The average Bonchev–Trinajstić information content (AvgIpc) is 3.11. The summed E-state index contributed by atoms with van der Waals surface area (Å²) in [6.07, 6.45) is 4.32. The zero-order chi connectivity index (χ0) is 15.0. The SMILES string of the molecule is Cc1ccn(C)c1C(=O)N[C@H]1CCO[C@@H]1c1ccnn1C. The standard InChI is InChI=1S/C15H20N4O2/c1-10-5-8-18(2)13(10)15(20)17-11-6-9-21-14(11)12-4-7-16-19(12)3/h4-5,7-8,11,14H,6,9H2,1-3H3,(H,17,20)/t11-,14-/m0/s1. The molecule has 2 aromatic heterocycles. The van der Waals surface area contributed by atoms with Crippen LogP contribution in [0.2, 0.25) is 0 Å². The molecule has 0 bridgehead atoms. The van der Waals surface area contributed by atoms with E-state index in [1.54, 1.807) is 10.9 Å². The Morgan fingerprint density at radius 1 is 1.43 bits per heavy atom. The van der Waals surface area contributed by atoms with E-state index in [4.69, 9.17) is 4.74 Å². The van der Waals surface area contributed by atoms with Crippen molar-refractivity contribution in [3.8, 4) is 0 Å². The first-order chi connectivity index (χ1) is 10.1. The molecule has 2 atom stereocenters. The monoisotopic (exact) mass is 288 g/mol. The molecule has 1 aliphatic rings. The van der Waals surface area contributed by atoms with Crippen molar-refractivity contribution in [2.75, 3.05) is 6.61 Å². The van der Waals surface area contributed by atoms with Crippen molar-refractivity contribution in [1.82, 2.24) is 19.7 Å². The van der Waals surface area contributed by atoms with E-state index in [2.05, 4.69) is 10.4 Å². The van der Waals surface area contributed by atoms with Crippen LogP contribution < -0.4 is 5.32 Å². The predicted molar refractivity (Wildman–Crippen MR) is 77.9 cm³/mol. The van der Waals surface area contributed by atoms with Gasteiger partial charge in [-0.3, -0.25) is 9.48 Å². The molecule has 0 aromatic carbocycles. The Labute approximate surface area is 123 Å². The highest BCUT2D eigenvalue weighted by molar-refractivity contribution is 5.94. The molecule has 1 aliphatic heterocycles. The topological polar surface area (TPSA) is 61.1 Å². The normalized spacial score (nSPS) is 21.7. The highest BCUT2D eigenvalue weighted by atomic mass is 16.5. The van der Waals surface area contributed by atoms with Gasteiger partial charge in [-0.2, -0.15) is 5.10 Å². The summed E-state index contributed by atoms with van der Waals surface area (Å²) in [6, 6.07) is 3.85. The van der Waals surface area contributed by atoms with Crippen LogP contribution in [0.1, 0.15) is 34.3 Å². The molecule has 1 saturated heterocycles. The Bertz CT molecular complexity index is 639. The second kappa shape index (κ2) is 5.37. The molecule has 0 spiro atoms. The lowest BCUT2D eigenvalue weighted by Gasteiger charge is -2.20. The van der Waals surface area contributed by atoms with Crippen LogP contribution in [0.15, 0.2) is 24.5 Å². The fourth-order valence-electron chi connectivity index (χ4n) is 2.92. The third kappa shape index (κ3) is 2.47. The lowest BCUT2D eigenvalue weighted by molar-refractivity contribution is 0.0787. The third-order valence-electron chi connectivity index (χ3n) is 4.05. The minimum atomic E-state index is -0.137. The number of hydrogen-bond donors (Lipinski definition) is 1. The number of carbonyl (C=O) groups is 1. The molecule has 0 unspecified atom stereocenters.